The van der Waals surface area contributed by atoms with Crippen LogP contribution in [0.25, 0.3) is 0 Å². The van der Waals surface area contributed by atoms with E-state index >= 15 is 0 Å². The summed E-state index contributed by atoms with van der Waals surface area (Å²) in [4.78, 5) is 0. The third kappa shape index (κ3) is 6.64. The van der Waals surface area contributed by atoms with Crippen LogP contribution in [0, 0.1) is 0 Å². The van der Waals surface area contributed by atoms with E-state index in [0.717, 1.165) is 0 Å². The van der Waals surface area contributed by atoms with Crippen LogP contribution in [0.4, 0.5) is 17.6 Å². The van der Waals surface area contributed by atoms with Gasteiger partial charge in [-0.3, -0.25) is 0 Å². The van der Waals surface area contributed by atoms with Gasteiger partial charge in [0.25, 0.3) is 0 Å². The lowest BCUT2D eigenvalue weighted by molar-refractivity contribution is -0.167. The van der Waals surface area contributed by atoms with E-state index in [0.29, 0.717) is 6.61 Å². The van der Waals surface area contributed by atoms with Crippen molar-refractivity contribution in [2.45, 2.75) is 25.3 Å². The second-order valence-corrected chi connectivity index (χ2v) is 3.00. The van der Waals surface area contributed by atoms with Crippen molar-refractivity contribution in [2.24, 2.45) is 5.73 Å². The summed E-state index contributed by atoms with van der Waals surface area (Å²) in [7, 11) is 0. The first-order valence-electron chi connectivity index (χ1n) is 4.47. The second kappa shape index (κ2) is 6.97. The van der Waals surface area contributed by atoms with Crippen molar-refractivity contribution in [3.8, 4) is 0 Å². The first kappa shape index (κ1) is 14.6. The Hall–Kier alpha value is -0.400. The minimum Gasteiger partial charge on any atom is -0.380 e. The second-order valence-electron chi connectivity index (χ2n) is 3.00. The highest BCUT2D eigenvalue weighted by molar-refractivity contribution is 4.68. The van der Waals surface area contributed by atoms with Crippen LogP contribution in [0.3, 0.4) is 0 Å². The molecular weight excluding hydrogens is 218 g/mol. The van der Waals surface area contributed by atoms with E-state index in [-0.39, 0.29) is 13.2 Å². The molecule has 0 rings (SSSR count). The Bertz CT molecular complexity index is 169. The van der Waals surface area contributed by atoms with Crippen LogP contribution in [-0.2, 0) is 9.47 Å². The summed E-state index contributed by atoms with van der Waals surface area (Å²) < 4.78 is 57.2. The molecule has 0 aromatic rings. The van der Waals surface area contributed by atoms with E-state index in [2.05, 4.69) is 4.74 Å². The van der Waals surface area contributed by atoms with Gasteiger partial charge in [0.2, 0.25) is 0 Å². The van der Waals surface area contributed by atoms with Gasteiger partial charge >= 0.3 is 12.3 Å². The molecule has 0 aliphatic heterocycles. The molecule has 0 fully saturated rings. The van der Waals surface area contributed by atoms with Crippen molar-refractivity contribution in [1.82, 2.24) is 0 Å². The van der Waals surface area contributed by atoms with Crippen LogP contribution in [-0.4, -0.2) is 44.8 Å². The van der Waals surface area contributed by atoms with E-state index in [4.69, 9.17) is 10.5 Å². The highest BCUT2D eigenvalue weighted by Gasteiger charge is 2.40. The van der Waals surface area contributed by atoms with Crippen molar-refractivity contribution in [2.75, 3.05) is 26.4 Å². The number of hydrogen-bond donors (Lipinski definition) is 1. The van der Waals surface area contributed by atoms with Crippen LogP contribution in [0.1, 0.15) is 6.92 Å². The number of halogens is 4. The fraction of sp³-hybridized carbons (Fsp3) is 1.00. The molecule has 0 aliphatic carbocycles. The predicted octanol–water partition coefficient (Wildman–Crippen LogP) is 1.27. The van der Waals surface area contributed by atoms with Crippen molar-refractivity contribution in [3.05, 3.63) is 0 Å². The first-order chi connectivity index (χ1) is 6.90. The predicted molar refractivity (Wildman–Crippen MR) is 46.2 cm³/mol. The molecule has 0 bridgehead atoms. The molecule has 0 spiro atoms. The number of hydrogen-bond acceptors (Lipinski definition) is 3. The summed E-state index contributed by atoms with van der Waals surface area (Å²) in [6.45, 7) is 0.781. The zero-order valence-electron chi connectivity index (χ0n) is 8.39. The molecule has 0 aromatic carbocycles. The average Bonchev–Trinajstić information content (AvgIpc) is 2.14. The fourth-order valence-corrected chi connectivity index (χ4v) is 0.727. The summed E-state index contributed by atoms with van der Waals surface area (Å²) in [5, 5.41) is 0. The lowest BCUT2D eigenvalue weighted by Gasteiger charge is -2.17. The van der Waals surface area contributed by atoms with Crippen molar-refractivity contribution < 1.29 is 27.0 Å². The molecule has 1 atom stereocenters. The Kier molecular flexibility index (Phi) is 6.78. The average molecular weight is 233 g/mol. The molecule has 0 aromatic heterocycles. The molecule has 0 saturated heterocycles. The summed E-state index contributed by atoms with van der Waals surface area (Å²) >= 11 is 0. The molecule has 92 valence electrons. The molecular formula is C8H15F4NO2. The highest BCUT2D eigenvalue weighted by Crippen LogP contribution is 2.22. The summed E-state index contributed by atoms with van der Waals surface area (Å²) in [5.74, 6) is -4.12. The minimum absolute atomic E-state index is 0.150. The maximum Gasteiger partial charge on any atom is 0.330 e. The Labute approximate surface area is 85.5 Å². The fourth-order valence-electron chi connectivity index (χ4n) is 0.727. The van der Waals surface area contributed by atoms with E-state index in [1.54, 1.807) is 6.92 Å². The normalized spacial score (nSPS) is 14.6. The van der Waals surface area contributed by atoms with Crippen molar-refractivity contribution in [3.63, 3.8) is 0 Å². The van der Waals surface area contributed by atoms with Gasteiger partial charge in [-0.2, -0.15) is 8.78 Å². The zero-order valence-corrected chi connectivity index (χ0v) is 8.39. The van der Waals surface area contributed by atoms with Crippen LogP contribution >= 0.6 is 0 Å². The summed E-state index contributed by atoms with van der Waals surface area (Å²) in [5.41, 5.74) is 5.38. The topological polar surface area (TPSA) is 44.5 Å². The lowest BCUT2D eigenvalue weighted by atomic mass is 10.3. The number of rotatable bonds is 8. The maximum absolute atomic E-state index is 12.3. The van der Waals surface area contributed by atoms with Gasteiger partial charge in [-0.1, -0.05) is 0 Å². The molecule has 0 amide bonds. The van der Waals surface area contributed by atoms with Gasteiger partial charge in [0, 0.05) is 6.61 Å². The summed E-state index contributed by atoms with van der Waals surface area (Å²) in [6.07, 6.45) is -3.72. The molecule has 15 heavy (non-hydrogen) atoms. The molecule has 3 nitrogen and oxygen atoms in total. The third-order valence-electron chi connectivity index (χ3n) is 1.48. The smallest absolute Gasteiger partial charge is 0.330 e. The van der Waals surface area contributed by atoms with Crippen LogP contribution in [0.15, 0.2) is 0 Å². The Morgan fingerprint density at radius 2 is 1.73 bits per heavy atom. The monoisotopic (exact) mass is 233 g/mol. The molecule has 1 unspecified atom stereocenters. The molecule has 2 N–H and O–H groups in total. The Morgan fingerprint density at radius 1 is 1.20 bits per heavy atom. The standard InChI is InChI=1S/C8H15F4NO2/c1-2-14-3-6(13)4-15-5-8(11,12)7(9)10/h6-7H,2-5,13H2,1H3. The van der Waals surface area contributed by atoms with E-state index in [9.17, 15) is 17.6 Å². The Balaban J connectivity index is 3.60. The van der Waals surface area contributed by atoms with Crippen LogP contribution in [0.5, 0.6) is 0 Å². The first-order valence-corrected chi connectivity index (χ1v) is 4.47. The quantitative estimate of drug-likeness (QED) is 0.642. The van der Waals surface area contributed by atoms with Gasteiger partial charge in [0.1, 0.15) is 6.61 Å². The molecule has 0 saturated carbocycles. The minimum atomic E-state index is -4.12. The zero-order chi connectivity index (χ0) is 11.9. The molecule has 0 aliphatic rings. The van der Waals surface area contributed by atoms with Gasteiger partial charge in [-0.05, 0) is 6.92 Å². The van der Waals surface area contributed by atoms with Crippen LogP contribution < -0.4 is 5.73 Å². The third-order valence-corrected chi connectivity index (χ3v) is 1.48. The van der Waals surface area contributed by atoms with Gasteiger partial charge in [-0.15, -0.1) is 0 Å². The lowest BCUT2D eigenvalue weighted by Crippen LogP contribution is -2.37. The number of ether oxygens (including phenoxy) is 2. The van der Waals surface area contributed by atoms with E-state index in [1.165, 1.54) is 0 Å². The van der Waals surface area contributed by atoms with Crippen LogP contribution in [0.2, 0.25) is 0 Å². The number of nitrogens with two attached hydrogens (primary N) is 1. The molecule has 0 heterocycles. The molecule has 7 heteroatoms. The highest BCUT2D eigenvalue weighted by atomic mass is 19.3. The van der Waals surface area contributed by atoms with Gasteiger partial charge < -0.3 is 15.2 Å². The van der Waals surface area contributed by atoms with Gasteiger partial charge in [-0.25, -0.2) is 8.78 Å². The van der Waals surface area contributed by atoms with Crippen molar-refractivity contribution in [1.29, 1.82) is 0 Å². The summed E-state index contributed by atoms with van der Waals surface area (Å²) in [6, 6.07) is -0.585. The molecule has 0 radical (unpaired) electrons. The maximum atomic E-state index is 12.3. The van der Waals surface area contributed by atoms with Gasteiger partial charge in [0.05, 0.1) is 19.3 Å². The number of alkyl halides is 4. The largest absolute Gasteiger partial charge is 0.380 e. The van der Waals surface area contributed by atoms with E-state index in [1.807, 2.05) is 0 Å². The van der Waals surface area contributed by atoms with Gasteiger partial charge in [0.15, 0.2) is 0 Å². The Morgan fingerprint density at radius 3 is 2.20 bits per heavy atom. The van der Waals surface area contributed by atoms with Crippen molar-refractivity contribution >= 4 is 0 Å². The van der Waals surface area contributed by atoms with E-state index < -0.39 is 25.0 Å². The SMILES string of the molecule is CCOCC(N)COCC(F)(F)C(F)F.